The van der Waals surface area contributed by atoms with Crippen molar-refractivity contribution in [3.05, 3.63) is 28.2 Å². The number of carbonyl (C=O) groups excluding carboxylic acids is 1. The number of nitrogens with one attached hydrogen (secondary N) is 1. The van der Waals surface area contributed by atoms with Crippen LogP contribution in [0.5, 0.6) is 0 Å². The van der Waals surface area contributed by atoms with Gasteiger partial charge in [0.15, 0.2) is 0 Å². The van der Waals surface area contributed by atoms with Gasteiger partial charge in [-0.05, 0) is 43.9 Å². The molecule has 8 heteroatoms. The zero-order valence-corrected chi connectivity index (χ0v) is 17.6. The Labute approximate surface area is 171 Å². The Bertz CT molecular complexity index is 777. The van der Waals surface area contributed by atoms with E-state index in [0.29, 0.717) is 24.4 Å². The number of carbonyl (C=O) groups is 1. The largest absolute Gasteiger partial charge is 0.353 e. The zero-order chi connectivity index (χ0) is 19.4. The van der Waals surface area contributed by atoms with Gasteiger partial charge in [-0.15, -0.1) is 0 Å². The number of rotatable bonds is 4. The van der Waals surface area contributed by atoms with E-state index in [1.165, 1.54) is 29.3 Å². The lowest BCUT2D eigenvalue weighted by atomic mass is 9.97. The predicted molar refractivity (Wildman–Crippen MR) is 108 cm³/mol. The Morgan fingerprint density at radius 3 is 2.44 bits per heavy atom. The van der Waals surface area contributed by atoms with E-state index in [-0.39, 0.29) is 34.3 Å². The van der Waals surface area contributed by atoms with Gasteiger partial charge in [0.1, 0.15) is 4.90 Å². The third-order valence-electron chi connectivity index (χ3n) is 5.47. The van der Waals surface area contributed by atoms with E-state index < -0.39 is 10.0 Å². The minimum absolute atomic E-state index is 0.00138. The van der Waals surface area contributed by atoms with Crippen molar-refractivity contribution in [2.24, 2.45) is 5.92 Å². The molecule has 5 nitrogen and oxygen atoms in total. The van der Waals surface area contributed by atoms with Gasteiger partial charge in [-0.3, -0.25) is 4.79 Å². The standard InChI is InChI=1S/C19H26Cl2N2O3S/c20-15-9-10-17(21)18(12-15)27(25,26)23-11-5-6-14(13-23)19(24)22-16-7-3-1-2-4-8-16/h9-10,12,14,16H,1-8,11,13H2,(H,22,24)/t14-/m1/s1. The summed E-state index contributed by atoms with van der Waals surface area (Å²) >= 11 is 12.1. The van der Waals surface area contributed by atoms with Gasteiger partial charge in [0.25, 0.3) is 0 Å². The molecule has 1 saturated carbocycles. The zero-order valence-electron chi connectivity index (χ0n) is 15.3. The molecular formula is C19H26Cl2N2O3S. The highest BCUT2D eigenvalue weighted by Gasteiger charge is 2.35. The van der Waals surface area contributed by atoms with Gasteiger partial charge in [-0.25, -0.2) is 8.42 Å². The van der Waals surface area contributed by atoms with Crippen LogP contribution in [0.3, 0.4) is 0 Å². The fourth-order valence-corrected chi connectivity index (χ4v) is 6.19. The summed E-state index contributed by atoms with van der Waals surface area (Å²) in [7, 11) is -3.78. The van der Waals surface area contributed by atoms with Crippen molar-refractivity contribution >= 4 is 39.1 Å². The van der Waals surface area contributed by atoms with Crippen LogP contribution in [-0.4, -0.2) is 37.8 Å². The molecule has 1 atom stereocenters. The minimum atomic E-state index is -3.78. The molecule has 1 aromatic rings. The quantitative estimate of drug-likeness (QED) is 0.723. The van der Waals surface area contributed by atoms with Crippen LogP contribution in [0.15, 0.2) is 23.1 Å². The van der Waals surface area contributed by atoms with Crippen LogP contribution in [0, 0.1) is 5.92 Å². The summed E-state index contributed by atoms with van der Waals surface area (Å²) in [6.45, 7) is 0.572. The molecule has 1 aliphatic carbocycles. The van der Waals surface area contributed by atoms with Gasteiger partial charge in [0, 0.05) is 24.2 Å². The molecule has 1 saturated heterocycles. The van der Waals surface area contributed by atoms with Gasteiger partial charge in [0.05, 0.1) is 10.9 Å². The van der Waals surface area contributed by atoms with Crippen molar-refractivity contribution in [3.63, 3.8) is 0 Å². The normalized spacial score (nSPS) is 23.0. The molecule has 1 N–H and O–H groups in total. The fraction of sp³-hybridized carbons (Fsp3) is 0.632. The first-order chi connectivity index (χ1) is 12.9. The Morgan fingerprint density at radius 1 is 1.04 bits per heavy atom. The molecule has 2 fully saturated rings. The molecule has 0 bridgehead atoms. The monoisotopic (exact) mass is 432 g/mol. The van der Waals surface area contributed by atoms with E-state index in [1.54, 1.807) is 6.07 Å². The minimum Gasteiger partial charge on any atom is -0.353 e. The van der Waals surface area contributed by atoms with Gasteiger partial charge in [-0.1, -0.05) is 48.9 Å². The van der Waals surface area contributed by atoms with Gasteiger partial charge in [-0.2, -0.15) is 4.31 Å². The molecule has 0 aromatic heterocycles. The molecule has 1 aliphatic heterocycles. The van der Waals surface area contributed by atoms with Crippen molar-refractivity contribution in [1.82, 2.24) is 9.62 Å². The Kier molecular flexibility index (Phi) is 7.06. The second-order valence-electron chi connectivity index (χ2n) is 7.47. The van der Waals surface area contributed by atoms with Crippen molar-refractivity contribution < 1.29 is 13.2 Å². The van der Waals surface area contributed by atoms with Crippen LogP contribution >= 0.6 is 23.2 Å². The molecule has 1 aromatic carbocycles. The molecule has 0 spiro atoms. The summed E-state index contributed by atoms with van der Waals surface area (Å²) in [5.41, 5.74) is 0. The summed E-state index contributed by atoms with van der Waals surface area (Å²) in [5, 5.41) is 3.61. The number of sulfonamides is 1. The lowest BCUT2D eigenvalue weighted by Crippen LogP contribution is -2.47. The lowest BCUT2D eigenvalue weighted by molar-refractivity contribution is -0.126. The van der Waals surface area contributed by atoms with Crippen LogP contribution in [0.25, 0.3) is 0 Å². The van der Waals surface area contributed by atoms with Crippen LogP contribution in [0.2, 0.25) is 10.0 Å². The maximum absolute atomic E-state index is 13.0. The first-order valence-electron chi connectivity index (χ1n) is 9.63. The third-order valence-corrected chi connectivity index (χ3v) is 8.05. The highest BCUT2D eigenvalue weighted by molar-refractivity contribution is 7.89. The third kappa shape index (κ3) is 5.17. The average molecular weight is 433 g/mol. The van der Waals surface area contributed by atoms with Crippen LogP contribution in [0.1, 0.15) is 51.4 Å². The molecule has 27 heavy (non-hydrogen) atoms. The average Bonchev–Trinajstić information content (AvgIpc) is 2.92. The Morgan fingerprint density at radius 2 is 1.74 bits per heavy atom. The molecule has 0 radical (unpaired) electrons. The van der Waals surface area contributed by atoms with E-state index in [9.17, 15) is 13.2 Å². The predicted octanol–water partition coefficient (Wildman–Crippen LogP) is 4.23. The first-order valence-corrected chi connectivity index (χ1v) is 11.8. The summed E-state index contributed by atoms with van der Waals surface area (Å²) in [6, 6.07) is 4.63. The SMILES string of the molecule is O=C(NC1CCCCCC1)[C@@H]1CCCN(S(=O)(=O)c2cc(Cl)ccc2Cl)C1. The number of amides is 1. The summed E-state index contributed by atoms with van der Waals surface area (Å²) in [6.07, 6.45) is 8.11. The number of hydrogen-bond donors (Lipinski definition) is 1. The topological polar surface area (TPSA) is 66.5 Å². The molecule has 2 aliphatic rings. The van der Waals surface area contributed by atoms with Gasteiger partial charge in [0.2, 0.25) is 15.9 Å². The summed E-state index contributed by atoms with van der Waals surface area (Å²) < 4.78 is 27.4. The van der Waals surface area contributed by atoms with E-state index in [0.717, 1.165) is 25.7 Å². The molecule has 0 unspecified atom stereocenters. The van der Waals surface area contributed by atoms with Crippen LogP contribution in [0.4, 0.5) is 0 Å². The Hall–Kier alpha value is -0.820. The molecule has 3 rings (SSSR count). The van der Waals surface area contributed by atoms with E-state index >= 15 is 0 Å². The summed E-state index contributed by atoms with van der Waals surface area (Å²) in [4.78, 5) is 12.7. The number of halogens is 2. The van der Waals surface area contributed by atoms with Crippen LogP contribution < -0.4 is 5.32 Å². The fourth-order valence-electron chi connectivity index (χ4n) is 3.93. The first kappa shape index (κ1) is 20.9. The number of benzene rings is 1. The maximum atomic E-state index is 13.0. The van der Waals surface area contributed by atoms with Gasteiger partial charge >= 0.3 is 0 Å². The van der Waals surface area contributed by atoms with E-state index in [4.69, 9.17) is 23.2 Å². The molecule has 150 valence electrons. The summed E-state index contributed by atoms with van der Waals surface area (Å²) in [5.74, 6) is -0.353. The molecule has 1 amide bonds. The lowest BCUT2D eigenvalue weighted by Gasteiger charge is -2.32. The Balaban J connectivity index is 1.69. The number of hydrogen-bond acceptors (Lipinski definition) is 3. The number of piperidine rings is 1. The highest BCUT2D eigenvalue weighted by Crippen LogP contribution is 2.30. The second kappa shape index (κ2) is 9.12. The van der Waals surface area contributed by atoms with Crippen LogP contribution in [-0.2, 0) is 14.8 Å². The van der Waals surface area contributed by atoms with Crippen molar-refractivity contribution in [1.29, 1.82) is 0 Å². The van der Waals surface area contributed by atoms with Gasteiger partial charge < -0.3 is 5.32 Å². The number of nitrogens with zero attached hydrogens (tertiary/aromatic N) is 1. The van der Waals surface area contributed by atoms with Crippen molar-refractivity contribution in [2.45, 2.75) is 62.3 Å². The highest BCUT2D eigenvalue weighted by atomic mass is 35.5. The van der Waals surface area contributed by atoms with Crippen molar-refractivity contribution in [3.8, 4) is 0 Å². The smallest absolute Gasteiger partial charge is 0.244 e. The molecular weight excluding hydrogens is 407 g/mol. The second-order valence-corrected chi connectivity index (χ2v) is 10.2. The van der Waals surface area contributed by atoms with Crippen molar-refractivity contribution in [2.75, 3.05) is 13.1 Å². The van der Waals surface area contributed by atoms with E-state index in [2.05, 4.69) is 5.32 Å². The molecule has 1 heterocycles. The van der Waals surface area contributed by atoms with E-state index in [1.807, 2.05) is 0 Å². The maximum Gasteiger partial charge on any atom is 0.244 e.